The molecule has 3 N–H and O–H groups in total. The monoisotopic (exact) mass is 1140 g/mol. The summed E-state index contributed by atoms with van der Waals surface area (Å²) in [7, 11) is 3.74. The third-order valence-electron chi connectivity index (χ3n) is 17.1. The van der Waals surface area contributed by atoms with E-state index in [1.165, 1.54) is 12.1 Å². The molecule has 0 spiro atoms. The predicted molar refractivity (Wildman–Crippen MR) is 302 cm³/mol. The minimum Gasteiger partial charge on any atom is -0.484 e. The number of alkyl halides is 1. The molecular formula is C59H58ClF3N10O7S. The van der Waals surface area contributed by atoms with E-state index in [4.69, 9.17) is 41.5 Å². The van der Waals surface area contributed by atoms with Crippen LogP contribution in [0.2, 0.25) is 5.02 Å². The molecule has 3 aromatic carbocycles. The number of hydrogen-bond acceptors (Lipinski definition) is 16. The Kier molecular flexibility index (Phi) is 13.6. The highest BCUT2D eigenvalue weighted by atomic mass is 35.5. The lowest BCUT2D eigenvalue weighted by Crippen LogP contribution is -2.55. The number of amides is 1. The van der Waals surface area contributed by atoms with Crippen LogP contribution in [0.5, 0.6) is 11.8 Å². The van der Waals surface area contributed by atoms with E-state index in [9.17, 15) is 29.1 Å². The molecule has 420 valence electrons. The van der Waals surface area contributed by atoms with Crippen molar-refractivity contribution < 1.29 is 42.1 Å². The first-order valence-corrected chi connectivity index (χ1v) is 28.3. The van der Waals surface area contributed by atoms with Crippen LogP contribution in [0.15, 0.2) is 59.4 Å². The number of carbonyl (C=O) groups excluding carboxylic acids is 2. The van der Waals surface area contributed by atoms with Gasteiger partial charge in [-0.2, -0.15) is 15.2 Å². The van der Waals surface area contributed by atoms with Gasteiger partial charge in [0.2, 0.25) is 0 Å². The van der Waals surface area contributed by atoms with Gasteiger partial charge in [-0.05, 0) is 101 Å². The fraction of sp³-hybridized carbons (Fsp3) is 0.407. The Morgan fingerprint density at radius 1 is 1.09 bits per heavy atom. The summed E-state index contributed by atoms with van der Waals surface area (Å²) in [6, 6.07) is 12.8. The molecule has 5 aliphatic heterocycles. The van der Waals surface area contributed by atoms with Crippen LogP contribution in [0, 0.1) is 23.0 Å². The van der Waals surface area contributed by atoms with E-state index in [0.29, 0.717) is 54.4 Å². The smallest absolute Gasteiger partial charge is 0.343 e. The van der Waals surface area contributed by atoms with Gasteiger partial charge >= 0.3 is 12.0 Å². The zero-order valence-corrected chi connectivity index (χ0v) is 46.9. The number of thiophene rings is 1. The molecule has 12 rings (SSSR count). The van der Waals surface area contributed by atoms with Gasteiger partial charge < -0.3 is 44.3 Å². The summed E-state index contributed by atoms with van der Waals surface area (Å²) in [5, 5.41) is 22.7. The van der Waals surface area contributed by atoms with Crippen LogP contribution in [0.3, 0.4) is 0 Å². The number of ether oxygens (including phenoxy) is 3. The second kappa shape index (κ2) is 20.3. The van der Waals surface area contributed by atoms with Gasteiger partial charge in [-0.1, -0.05) is 38.1 Å². The number of esters is 1. The molecule has 1 amide bonds. The second-order valence-corrected chi connectivity index (χ2v) is 23.6. The average molecular weight is 1140 g/mol. The Bertz CT molecular complexity index is 3960. The van der Waals surface area contributed by atoms with Gasteiger partial charge in [0.05, 0.1) is 55.4 Å². The molecular weight excluding hydrogens is 1090 g/mol. The van der Waals surface area contributed by atoms with Gasteiger partial charge in [0.25, 0.3) is 11.5 Å². The van der Waals surface area contributed by atoms with E-state index in [1.54, 1.807) is 34.6 Å². The van der Waals surface area contributed by atoms with Crippen molar-refractivity contribution in [2.75, 3.05) is 70.6 Å². The largest absolute Gasteiger partial charge is 0.484 e. The standard InChI is InChI=1S/C59H58ClF3N10O7S/c1-7-33-35-18-32(10-13-43(35)66-49-38(33)25-73-44(49)20-40-39(55(73)75)27-78-56(76)59(40,77)8-2)80-45(26-69(5)6)30(4)54(74)70-16-17-72(29(3)23-70)53-36-19-41(60)47(34-11-12-42(62)51-46(34)37(22-64)52(65)81-51)48(63)50(36)67-57(68-53)79-28-58-14-9-15-71(58)24-31(61)21-58/h10-13,18-20,29,31,45,77H,4,7-9,14-17,21,23-28,65H2,1-3,5-6H3. The quantitative estimate of drug-likeness (QED) is 0.0821. The summed E-state index contributed by atoms with van der Waals surface area (Å²) in [5.74, 6) is -1.84. The van der Waals surface area contributed by atoms with Crippen molar-refractivity contribution in [1.82, 2.24) is 34.2 Å². The van der Waals surface area contributed by atoms with Gasteiger partial charge in [0.15, 0.2) is 11.4 Å². The van der Waals surface area contributed by atoms with E-state index >= 15 is 8.78 Å². The van der Waals surface area contributed by atoms with Crippen molar-refractivity contribution in [2.24, 2.45) is 0 Å². The summed E-state index contributed by atoms with van der Waals surface area (Å²) in [4.78, 5) is 63.7. The molecule has 22 heteroatoms. The molecule has 5 atom stereocenters. The minimum absolute atomic E-state index is 0.00320. The number of cyclic esters (lactones) is 1. The van der Waals surface area contributed by atoms with E-state index in [1.807, 2.05) is 55.9 Å². The number of aliphatic hydroxyl groups is 1. The van der Waals surface area contributed by atoms with Crippen molar-refractivity contribution >= 4 is 77.5 Å². The average Bonchev–Trinajstić information content (AvgIpc) is 3.40. The van der Waals surface area contributed by atoms with Crippen LogP contribution in [-0.2, 0) is 39.5 Å². The van der Waals surface area contributed by atoms with E-state index in [2.05, 4.69) is 16.5 Å². The van der Waals surface area contributed by atoms with Crippen LogP contribution < -0.4 is 25.7 Å². The van der Waals surface area contributed by atoms with Crippen LogP contribution in [0.4, 0.5) is 24.0 Å². The number of aryl methyl sites for hydroxylation is 1. The van der Waals surface area contributed by atoms with Crippen molar-refractivity contribution in [3.63, 3.8) is 0 Å². The first-order valence-electron chi connectivity index (χ1n) is 27.1. The number of nitrogen functional groups attached to an aromatic ring is 1. The van der Waals surface area contributed by atoms with Gasteiger partial charge in [-0.15, -0.1) is 11.3 Å². The lowest BCUT2D eigenvalue weighted by Gasteiger charge is -2.41. The molecule has 7 aromatic rings. The Morgan fingerprint density at radius 2 is 1.89 bits per heavy atom. The first-order chi connectivity index (χ1) is 38.8. The maximum atomic E-state index is 17.6. The number of pyridine rings is 2. The molecule has 17 nitrogen and oxygen atoms in total. The SMILES string of the molecule is C=C(C(=O)N1CCN(c2nc(OCC34CCCN3CC(F)C4)nc3c(F)c(-c4ccc(F)c5sc(N)c(C#N)c45)c(Cl)cc23)C(C)C1)C(CN(C)C)Oc1ccc2nc3c(c(CC)c2c1)Cn1c-3cc2c(c1=O)COC(=O)C2(O)CC. The number of carbonyl (C=O) groups is 2. The van der Waals surface area contributed by atoms with Gasteiger partial charge in [-0.25, -0.2) is 22.9 Å². The van der Waals surface area contributed by atoms with Gasteiger partial charge in [0, 0.05) is 78.0 Å². The van der Waals surface area contributed by atoms with Crippen LogP contribution in [-0.4, -0.2) is 135 Å². The molecule has 0 saturated carbocycles. The summed E-state index contributed by atoms with van der Waals surface area (Å²) in [6.45, 7) is 12.0. The van der Waals surface area contributed by atoms with Crippen LogP contribution in [0.1, 0.15) is 74.3 Å². The topological polar surface area (TPSA) is 206 Å². The van der Waals surface area contributed by atoms with Crippen LogP contribution >= 0.6 is 22.9 Å². The maximum Gasteiger partial charge on any atom is 0.343 e. The number of aromatic nitrogens is 4. The third-order valence-corrected chi connectivity index (χ3v) is 18.4. The number of anilines is 2. The molecule has 3 fully saturated rings. The first kappa shape index (κ1) is 54.2. The number of benzene rings is 3. The van der Waals surface area contributed by atoms with Crippen molar-refractivity contribution in [2.45, 2.75) is 95.5 Å². The summed E-state index contributed by atoms with van der Waals surface area (Å²) in [6.07, 6.45) is 0.663. The number of halogens is 4. The number of rotatable bonds is 13. The number of nitrogens with two attached hydrogens (primary N) is 1. The minimum atomic E-state index is -1.95. The molecule has 0 aliphatic carbocycles. The van der Waals surface area contributed by atoms with E-state index < -0.39 is 47.1 Å². The Morgan fingerprint density at radius 3 is 2.63 bits per heavy atom. The molecule has 9 heterocycles. The Balaban J connectivity index is 0.832. The fourth-order valence-corrected chi connectivity index (χ4v) is 14.2. The third kappa shape index (κ3) is 8.74. The molecule has 0 bridgehead atoms. The Labute approximate surface area is 472 Å². The summed E-state index contributed by atoms with van der Waals surface area (Å²) < 4.78 is 67.8. The summed E-state index contributed by atoms with van der Waals surface area (Å²) >= 11 is 7.92. The zero-order chi connectivity index (χ0) is 57.1. The highest BCUT2D eigenvalue weighted by Crippen LogP contribution is 2.47. The number of likely N-dealkylation sites (N-methyl/N-ethyl adjacent to an activating group) is 1. The molecule has 0 radical (unpaired) electrons. The second-order valence-electron chi connectivity index (χ2n) is 22.1. The van der Waals surface area contributed by atoms with E-state index in [0.717, 1.165) is 40.8 Å². The number of nitrogens with zero attached hydrogens (tertiary/aromatic N) is 9. The van der Waals surface area contributed by atoms with E-state index in [-0.39, 0.29) is 134 Å². The van der Waals surface area contributed by atoms with Gasteiger partial charge in [-0.3, -0.25) is 14.5 Å². The number of hydrogen-bond donors (Lipinski definition) is 2. The number of nitriles is 1. The highest BCUT2D eigenvalue weighted by molar-refractivity contribution is 7.23. The lowest BCUT2D eigenvalue weighted by atomic mass is 9.86. The number of fused-ring (bicyclic) bond motifs is 8. The summed E-state index contributed by atoms with van der Waals surface area (Å²) in [5.41, 5.74) is 7.42. The lowest BCUT2D eigenvalue weighted by molar-refractivity contribution is -0.172. The highest BCUT2D eigenvalue weighted by Gasteiger charge is 2.50. The molecule has 81 heavy (non-hydrogen) atoms. The zero-order valence-electron chi connectivity index (χ0n) is 45.3. The van der Waals surface area contributed by atoms with Crippen molar-refractivity contribution in [3.05, 3.63) is 109 Å². The fourth-order valence-electron chi connectivity index (χ4n) is 13.0. The van der Waals surface area contributed by atoms with Gasteiger partial charge in [0.1, 0.15) is 59.5 Å². The normalized spacial score (nSPS) is 21.8. The van der Waals surface area contributed by atoms with Crippen molar-refractivity contribution in [1.29, 1.82) is 5.26 Å². The van der Waals surface area contributed by atoms with Crippen LogP contribution in [0.25, 0.3) is 54.4 Å². The number of piperazine rings is 1. The molecule has 5 unspecified atom stereocenters. The van der Waals surface area contributed by atoms with Crippen molar-refractivity contribution in [3.8, 4) is 40.3 Å². The molecule has 5 aliphatic rings. The Hall–Kier alpha value is -7.35. The maximum absolute atomic E-state index is 17.6. The predicted octanol–water partition coefficient (Wildman–Crippen LogP) is 8.41. The molecule has 3 saturated heterocycles. The molecule has 4 aromatic heterocycles.